The fourth-order valence-corrected chi connectivity index (χ4v) is 2.53. The van der Waals surface area contributed by atoms with Gasteiger partial charge in [0.15, 0.2) is 0 Å². The summed E-state index contributed by atoms with van der Waals surface area (Å²) in [7, 11) is 0. The second kappa shape index (κ2) is 7.18. The van der Waals surface area contributed by atoms with Crippen LogP contribution in [0.15, 0.2) is 42.5 Å². The fourth-order valence-electron chi connectivity index (χ4n) is 2.53. The van der Waals surface area contributed by atoms with E-state index in [1.54, 1.807) is 0 Å². The summed E-state index contributed by atoms with van der Waals surface area (Å²) in [5.74, 6) is 0. The second-order valence-electron chi connectivity index (χ2n) is 5.19. The molecule has 2 aromatic carbocycles. The van der Waals surface area contributed by atoms with Crippen LogP contribution in [0.3, 0.4) is 0 Å². The SMILES string of the molecule is CCCCN(CCCC)c1cccc2ccccc12. The molecule has 2 aromatic rings. The van der Waals surface area contributed by atoms with Crippen LogP contribution >= 0.6 is 0 Å². The maximum Gasteiger partial charge on any atom is 0.0445 e. The van der Waals surface area contributed by atoms with Crippen molar-refractivity contribution >= 4 is 16.5 Å². The van der Waals surface area contributed by atoms with Crippen LogP contribution in [0, 0.1) is 0 Å². The maximum atomic E-state index is 2.56. The number of fused-ring (bicyclic) bond motifs is 1. The molecule has 0 aliphatic heterocycles. The van der Waals surface area contributed by atoms with Crippen LogP contribution < -0.4 is 4.90 Å². The van der Waals surface area contributed by atoms with E-state index in [0.29, 0.717) is 0 Å². The Bertz CT molecular complexity index is 491. The minimum atomic E-state index is 1.17. The number of nitrogens with zero attached hydrogens (tertiary/aromatic N) is 1. The molecular formula is C18H25N. The van der Waals surface area contributed by atoms with Crippen LogP contribution in [0.1, 0.15) is 39.5 Å². The van der Waals surface area contributed by atoms with Crippen molar-refractivity contribution in [3.63, 3.8) is 0 Å². The van der Waals surface area contributed by atoms with Crippen LogP contribution in [-0.4, -0.2) is 13.1 Å². The summed E-state index contributed by atoms with van der Waals surface area (Å²) in [5, 5.41) is 2.73. The summed E-state index contributed by atoms with van der Waals surface area (Å²) < 4.78 is 0. The molecule has 0 bridgehead atoms. The van der Waals surface area contributed by atoms with Gasteiger partial charge in [-0.2, -0.15) is 0 Å². The van der Waals surface area contributed by atoms with E-state index >= 15 is 0 Å². The summed E-state index contributed by atoms with van der Waals surface area (Å²) >= 11 is 0. The zero-order valence-electron chi connectivity index (χ0n) is 12.2. The van der Waals surface area contributed by atoms with Crippen molar-refractivity contribution in [2.75, 3.05) is 18.0 Å². The highest BCUT2D eigenvalue weighted by molar-refractivity contribution is 5.94. The minimum absolute atomic E-state index is 1.17. The van der Waals surface area contributed by atoms with E-state index < -0.39 is 0 Å². The third-order valence-electron chi connectivity index (χ3n) is 3.67. The molecule has 0 amide bonds. The standard InChI is InChI=1S/C18H25N/c1-3-5-14-19(15-6-4-2)18-13-9-11-16-10-7-8-12-17(16)18/h7-13H,3-6,14-15H2,1-2H3. The number of rotatable bonds is 7. The van der Waals surface area contributed by atoms with Gasteiger partial charge >= 0.3 is 0 Å². The van der Waals surface area contributed by atoms with E-state index in [9.17, 15) is 0 Å². The lowest BCUT2D eigenvalue weighted by molar-refractivity contribution is 0.679. The Balaban J connectivity index is 2.31. The molecule has 0 N–H and O–H groups in total. The molecule has 0 radical (unpaired) electrons. The smallest absolute Gasteiger partial charge is 0.0445 e. The molecule has 0 saturated carbocycles. The molecule has 0 aliphatic carbocycles. The van der Waals surface area contributed by atoms with Gasteiger partial charge in [0, 0.05) is 24.2 Å². The highest BCUT2D eigenvalue weighted by Gasteiger charge is 2.08. The molecule has 0 aromatic heterocycles. The van der Waals surface area contributed by atoms with Crippen molar-refractivity contribution in [3.8, 4) is 0 Å². The van der Waals surface area contributed by atoms with Gasteiger partial charge in [0.05, 0.1) is 0 Å². The third-order valence-corrected chi connectivity index (χ3v) is 3.67. The first-order chi connectivity index (χ1) is 9.36. The summed E-state index contributed by atoms with van der Waals surface area (Å²) in [4.78, 5) is 2.56. The van der Waals surface area contributed by atoms with Crippen LogP contribution in [0.4, 0.5) is 5.69 Å². The monoisotopic (exact) mass is 255 g/mol. The predicted molar refractivity (Wildman–Crippen MR) is 86.0 cm³/mol. The van der Waals surface area contributed by atoms with Gasteiger partial charge < -0.3 is 4.90 Å². The molecule has 1 nitrogen and oxygen atoms in total. The van der Waals surface area contributed by atoms with Gasteiger partial charge in [-0.25, -0.2) is 0 Å². The Labute approximate surface area is 117 Å². The number of hydrogen-bond acceptors (Lipinski definition) is 1. The van der Waals surface area contributed by atoms with Crippen molar-refractivity contribution in [3.05, 3.63) is 42.5 Å². The highest BCUT2D eigenvalue weighted by Crippen LogP contribution is 2.27. The van der Waals surface area contributed by atoms with E-state index in [-0.39, 0.29) is 0 Å². The molecule has 0 spiro atoms. The molecule has 0 atom stereocenters. The molecule has 102 valence electrons. The van der Waals surface area contributed by atoms with Crippen molar-refractivity contribution in [1.29, 1.82) is 0 Å². The van der Waals surface area contributed by atoms with Crippen LogP contribution in [0.5, 0.6) is 0 Å². The molecule has 0 aliphatic rings. The largest absolute Gasteiger partial charge is 0.371 e. The lowest BCUT2D eigenvalue weighted by atomic mass is 10.1. The first-order valence-corrected chi connectivity index (χ1v) is 7.59. The number of unbranched alkanes of at least 4 members (excludes halogenated alkanes) is 2. The highest BCUT2D eigenvalue weighted by atomic mass is 15.1. The molecule has 2 rings (SSSR count). The fraction of sp³-hybridized carbons (Fsp3) is 0.444. The molecule has 0 heterocycles. The molecule has 19 heavy (non-hydrogen) atoms. The van der Waals surface area contributed by atoms with E-state index in [2.05, 4.69) is 61.2 Å². The first kappa shape index (κ1) is 13.9. The van der Waals surface area contributed by atoms with E-state index in [0.717, 1.165) is 0 Å². The normalized spacial score (nSPS) is 10.8. The third kappa shape index (κ3) is 3.50. The number of hydrogen-bond donors (Lipinski definition) is 0. The Kier molecular flexibility index (Phi) is 5.26. The van der Waals surface area contributed by atoms with Gasteiger partial charge in [-0.1, -0.05) is 63.1 Å². The number of anilines is 1. The van der Waals surface area contributed by atoms with Crippen LogP contribution in [0.2, 0.25) is 0 Å². The first-order valence-electron chi connectivity index (χ1n) is 7.59. The van der Waals surface area contributed by atoms with Gasteiger partial charge in [0.2, 0.25) is 0 Å². The van der Waals surface area contributed by atoms with E-state index in [4.69, 9.17) is 0 Å². The molecule has 0 unspecified atom stereocenters. The topological polar surface area (TPSA) is 3.24 Å². The average molecular weight is 255 g/mol. The predicted octanol–water partition coefficient (Wildman–Crippen LogP) is 5.25. The lowest BCUT2D eigenvalue weighted by Gasteiger charge is -2.26. The maximum absolute atomic E-state index is 2.56. The Morgan fingerprint density at radius 3 is 2.11 bits per heavy atom. The molecular weight excluding hydrogens is 230 g/mol. The van der Waals surface area contributed by atoms with Gasteiger partial charge in [0.25, 0.3) is 0 Å². The van der Waals surface area contributed by atoms with Gasteiger partial charge in [-0.05, 0) is 24.3 Å². The summed E-state index contributed by atoms with van der Waals surface area (Å²) in [6.45, 7) is 6.87. The molecule has 0 fully saturated rings. The van der Waals surface area contributed by atoms with Crippen molar-refractivity contribution in [1.82, 2.24) is 0 Å². The van der Waals surface area contributed by atoms with Gasteiger partial charge in [-0.15, -0.1) is 0 Å². The average Bonchev–Trinajstić information content (AvgIpc) is 2.47. The van der Waals surface area contributed by atoms with Crippen molar-refractivity contribution in [2.24, 2.45) is 0 Å². The Morgan fingerprint density at radius 1 is 0.789 bits per heavy atom. The van der Waals surface area contributed by atoms with Crippen molar-refractivity contribution < 1.29 is 0 Å². The molecule has 1 heteroatoms. The van der Waals surface area contributed by atoms with Gasteiger partial charge in [-0.3, -0.25) is 0 Å². The van der Waals surface area contributed by atoms with Gasteiger partial charge in [0.1, 0.15) is 0 Å². The van der Waals surface area contributed by atoms with Crippen molar-refractivity contribution in [2.45, 2.75) is 39.5 Å². The summed E-state index contributed by atoms with van der Waals surface area (Å²) in [6, 6.07) is 15.4. The lowest BCUT2D eigenvalue weighted by Crippen LogP contribution is -2.25. The molecule has 0 saturated heterocycles. The van der Waals surface area contributed by atoms with Crippen LogP contribution in [0.25, 0.3) is 10.8 Å². The second-order valence-corrected chi connectivity index (χ2v) is 5.19. The number of benzene rings is 2. The van der Waals surface area contributed by atoms with Crippen LogP contribution in [-0.2, 0) is 0 Å². The minimum Gasteiger partial charge on any atom is -0.371 e. The van der Waals surface area contributed by atoms with E-state index in [1.807, 2.05) is 0 Å². The Morgan fingerprint density at radius 2 is 1.42 bits per heavy atom. The zero-order valence-corrected chi connectivity index (χ0v) is 12.2. The van der Waals surface area contributed by atoms with E-state index in [1.165, 1.54) is 55.2 Å². The summed E-state index contributed by atoms with van der Waals surface area (Å²) in [6.07, 6.45) is 5.06. The Hall–Kier alpha value is -1.50. The quantitative estimate of drug-likeness (QED) is 0.653. The zero-order chi connectivity index (χ0) is 13.5. The summed E-state index contributed by atoms with van der Waals surface area (Å²) in [5.41, 5.74) is 1.40.